The number of hydrogen-bond acceptors (Lipinski definition) is 4. The molecule has 0 aliphatic carbocycles. The number of methoxy groups -OCH3 is 1. The molecule has 0 bridgehead atoms. The smallest absolute Gasteiger partial charge is 0.270 e. The highest BCUT2D eigenvalue weighted by Gasteiger charge is 2.29. The molecule has 3 aromatic rings. The Balaban J connectivity index is 1.43. The van der Waals surface area contributed by atoms with E-state index in [1.165, 1.54) is 5.56 Å². The minimum Gasteiger partial charge on any atom is -0.381 e. The van der Waals surface area contributed by atoms with Crippen molar-refractivity contribution in [3.8, 4) is 0 Å². The number of likely N-dealkylation sites (tertiary alicyclic amines) is 1. The number of nitrogens with zero attached hydrogens (tertiary/aromatic N) is 4. The molecule has 7 heteroatoms. The van der Waals surface area contributed by atoms with Gasteiger partial charge in [-0.2, -0.15) is 0 Å². The monoisotopic (exact) mass is 474 g/mol. The molecule has 3 heterocycles. The van der Waals surface area contributed by atoms with Gasteiger partial charge in [-0.05, 0) is 30.4 Å². The van der Waals surface area contributed by atoms with Crippen molar-refractivity contribution in [1.29, 1.82) is 0 Å². The SMILES string of the molecule is COC1CCN(C(=O)Cn2c3c(c(=O)n2Cc2ccccc2)CCN(Cc2ccccc2)C3)CC1. The second-order valence-electron chi connectivity index (χ2n) is 9.59. The van der Waals surface area contributed by atoms with Crippen LogP contribution in [0.5, 0.6) is 0 Å². The van der Waals surface area contributed by atoms with Crippen molar-refractivity contribution in [2.24, 2.45) is 0 Å². The lowest BCUT2D eigenvalue weighted by Gasteiger charge is -2.32. The van der Waals surface area contributed by atoms with Crippen LogP contribution in [-0.2, 0) is 42.1 Å². The average molecular weight is 475 g/mol. The molecule has 2 aliphatic heterocycles. The van der Waals surface area contributed by atoms with Crippen LogP contribution in [0.3, 0.4) is 0 Å². The Morgan fingerprint density at radius 2 is 1.51 bits per heavy atom. The van der Waals surface area contributed by atoms with Crippen molar-refractivity contribution in [2.75, 3.05) is 26.7 Å². The van der Waals surface area contributed by atoms with Crippen molar-refractivity contribution >= 4 is 5.91 Å². The van der Waals surface area contributed by atoms with E-state index in [9.17, 15) is 9.59 Å². The van der Waals surface area contributed by atoms with Gasteiger partial charge in [0.25, 0.3) is 5.56 Å². The Morgan fingerprint density at radius 3 is 2.14 bits per heavy atom. The lowest BCUT2D eigenvalue weighted by molar-refractivity contribution is -0.134. The zero-order chi connectivity index (χ0) is 24.2. The first-order valence-corrected chi connectivity index (χ1v) is 12.5. The van der Waals surface area contributed by atoms with E-state index in [1.807, 2.05) is 46.0 Å². The van der Waals surface area contributed by atoms with Gasteiger partial charge in [0.1, 0.15) is 6.54 Å². The summed E-state index contributed by atoms with van der Waals surface area (Å²) in [6.07, 6.45) is 2.64. The molecule has 2 aliphatic rings. The van der Waals surface area contributed by atoms with Gasteiger partial charge in [0.05, 0.1) is 18.3 Å². The third kappa shape index (κ3) is 5.26. The Kier molecular flexibility index (Phi) is 7.16. The third-order valence-electron chi connectivity index (χ3n) is 7.33. The second kappa shape index (κ2) is 10.6. The lowest BCUT2D eigenvalue weighted by atomic mass is 10.1. The van der Waals surface area contributed by atoms with Gasteiger partial charge >= 0.3 is 0 Å². The Morgan fingerprint density at radius 1 is 0.886 bits per heavy atom. The zero-order valence-electron chi connectivity index (χ0n) is 20.4. The number of aromatic nitrogens is 2. The summed E-state index contributed by atoms with van der Waals surface area (Å²) in [7, 11) is 1.73. The maximum absolute atomic E-state index is 13.5. The molecule has 184 valence electrons. The number of rotatable bonds is 7. The summed E-state index contributed by atoms with van der Waals surface area (Å²) in [5, 5.41) is 0. The fourth-order valence-electron chi connectivity index (χ4n) is 5.32. The molecule has 35 heavy (non-hydrogen) atoms. The van der Waals surface area contributed by atoms with E-state index in [1.54, 1.807) is 11.8 Å². The molecule has 1 aromatic heterocycles. The van der Waals surface area contributed by atoms with Crippen LogP contribution in [0.1, 0.15) is 35.2 Å². The van der Waals surface area contributed by atoms with E-state index in [2.05, 4.69) is 29.2 Å². The number of carbonyl (C=O) groups excluding carboxylic acids is 1. The molecular formula is C28H34N4O3. The summed E-state index contributed by atoms with van der Waals surface area (Å²) in [5.74, 6) is 0.0688. The summed E-state index contributed by atoms with van der Waals surface area (Å²) in [5.41, 5.74) is 4.18. The molecule has 0 saturated carbocycles. The van der Waals surface area contributed by atoms with Gasteiger partial charge < -0.3 is 9.64 Å². The maximum Gasteiger partial charge on any atom is 0.270 e. The predicted molar refractivity (Wildman–Crippen MR) is 135 cm³/mol. The number of carbonyl (C=O) groups is 1. The van der Waals surface area contributed by atoms with Crippen LogP contribution in [0.4, 0.5) is 0 Å². The molecule has 5 rings (SSSR count). The molecule has 0 N–H and O–H groups in total. The highest BCUT2D eigenvalue weighted by atomic mass is 16.5. The standard InChI is InChI=1S/C28H34N4O3/c1-35-24-12-16-30(17-13-24)27(33)21-31-26-20-29(18-22-8-4-2-5-9-22)15-14-25(26)28(34)32(31)19-23-10-6-3-7-11-23/h2-11,24H,12-21H2,1H3. The number of piperidine rings is 1. The van der Waals surface area contributed by atoms with Crippen LogP contribution in [0.25, 0.3) is 0 Å². The largest absolute Gasteiger partial charge is 0.381 e. The highest BCUT2D eigenvalue weighted by Crippen LogP contribution is 2.21. The van der Waals surface area contributed by atoms with Crippen LogP contribution >= 0.6 is 0 Å². The lowest BCUT2D eigenvalue weighted by Crippen LogP contribution is -2.43. The highest BCUT2D eigenvalue weighted by molar-refractivity contribution is 5.76. The molecule has 0 radical (unpaired) electrons. The summed E-state index contributed by atoms with van der Waals surface area (Å²) >= 11 is 0. The van der Waals surface area contributed by atoms with Crippen molar-refractivity contribution in [1.82, 2.24) is 19.2 Å². The molecule has 2 aromatic carbocycles. The topological polar surface area (TPSA) is 59.7 Å². The van der Waals surface area contributed by atoms with Crippen molar-refractivity contribution < 1.29 is 9.53 Å². The Labute approximate surface area is 206 Å². The minimum atomic E-state index is 0.0362. The average Bonchev–Trinajstić information content (AvgIpc) is 3.15. The van der Waals surface area contributed by atoms with Crippen LogP contribution in [0.2, 0.25) is 0 Å². The first kappa shape index (κ1) is 23.6. The van der Waals surface area contributed by atoms with E-state index in [4.69, 9.17) is 4.74 Å². The van der Waals surface area contributed by atoms with E-state index in [0.29, 0.717) is 32.6 Å². The first-order valence-electron chi connectivity index (χ1n) is 12.5. The van der Waals surface area contributed by atoms with Crippen LogP contribution in [0.15, 0.2) is 65.5 Å². The van der Waals surface area contributed by atoms with Crippen molar-refractivity contribution in [3.05, 3.63) is 93.4 Å². The number of ether oxygens (including phenoxy) is 1. The quantitative estimate of drug-likeness (QED) is 0.528. The molecule has 0 unspecified atom stereocenters. The van der Waals surface area contributed by atoms with Crippen molar-refractivity contribution in [3.63, 3.8) is 0 Å². The van der Waals surface area contributed by atoms with Crippen molar-refractivity contribution in [2.45, 2.75) is 51.5 Å². The maximum atomic E-state index is 13.5. The Bertz CT molecular complexity index is 1190. The Hall–Kier alpha value is -3.16. The number of hydrogen-bond donors (Lipinski definition) is 0. The van der Waals surface area contributed by atoms with E-state index >= 15 is 0 Å². The van der Waals surface area contributed by atoms with Gasteiger partial charge in [0.2, 0.25) is 5.91 Å². The van der Waals surface area contributed by atoms with Gasteiger partial charge in [-0.3, -0.25) is 19.2 Å². The molecule has 7 nitrogen and oxygen atoms in total. The fraction of sp³-hybridized carbons (Fsp3) is 0.429. The van der Waals surface area contributed by atoms with Crippen LogP contribution in [-0.4, -0.2) is 57.9 Å². The van der Waals surface area contributed by atoms with Gasteiger partial charge in [0.15, 0.2) is 0 Å². The molecule has 1 amide bonds. The molecule has 0 atom stereocenters. The van der Waals surface area contributed by atoms with Gasteiger partial charge in [-0.15, -0.1) is 0 Å². The second-order valence-corrected chi connectivity index (χ2v) is 9.59. The first-order chi connectivity index (χ1) is 17.1. The molecular weight excluding hydrogens is 440 g/mol. The normalized spacial score (nSPS) is 16.9. The molecule has 1 fully saturated rings. The minimum absolute atomic E-state index is 0.0362. The predicted octanol–water partition coefficient (Wildman–Crippen LogP) is 2.89. The number of benzene rings is 2. The van der Waals surface area contributed by atoms with Crippen LogP contribution < -0.4 is 5.56 Å². The summed E-state index contributed by atoms with van der Waals surface area (Å²) in [4.78, 5) is 31.2. The number of fused-ring (bicyclic) bond motifs is 1. The van der Waals surface area contributed by atoms with Crippen LogP contribution in [0, 0.1) is 0 Å². The fourth-order valence-corrected chi connectivity index (χ4v) is 5.32. The summed E-state index contributed by atoms with van der Waals surface area (Å²) in [6, 6.07) is 20.4. The van der Waals surface area contributed by atoms with Gasteiger partial charge in [-0.25, -0.2) is 4.68 Å². The van der Waals surface area contributed by atoms with Gasteiger partial charge in [0, 0.05) is 45.4 Å². The molecule has 0 spiro atoms. The zero-order valence-corrected chi connectivity index (χ0v) is 20.4. The molecule has 1 saturated heterocycles. The summed E-state index contributed by atoms with van der Waals surface area (Å²) in [6.45, 7) is 4.38. The van der Waals surface area contributed by atoms with E-state index < -0.39 is 0 Å². The number of amides is 1. The van der Waals surface area contributed by atoms with Gasteiger partial charge in [-0.1, -0.05) is 60.7 Å². The van der Waals surface area contributed by atoms with E-state index in [0.717, 1.165) is 42.8 Å². The third-order valence-corrected chi connectivity index (χ3v) is 7.33. The van der Waals surface area contributed by atoms with E-state index in [-0.39, 0.29) is 24.1 Å². The summed E-state index contributed by atoms with van der Waals surface area (Å²) < 4.78 is 9.22.